The minimum absolute atomic E-state index is 0.0260. The van der Waals surface area contributed by atoms with Crippen LogP contribution >= 0.6 is 11.6 Å². The molecule has 0 radical (unpaired) electrons. The topological polar surface area (TPSA) is 53.5 Å². The van der Waals surface area contributed by atoms with Crippen molar-refractivity contribution in [3.05, 3.63) is 53.1 Å². The maximum absolute atomic E-state index is 13.8. The van der Waals surface area contributed by atoms with Crippen LogP contribution in [0.3, 0.4) is 0 Å². The van der Waals surface area contributed by atoms with E-state index in [0.717, 1.165) is 4.31 Å². The second-order valence-corrected chi connectivity index (χ2v) is 6.83. The van der Waals surface area contributed by atoms with Crippen molar-refractivity contribution in [1.82, 2.24) is 4.98 Å². The Balaban J connectivity index is 2.06. The Bertz CT molecular complexity index is 813. The van der Waals surface area contributed by atoms with Crippen LogP contribution in [0.5, 0.6) is 0 Å². The summed E-state index contributed by atoms with van der Waals surface area (Å²) in [6.45, 7) is -0.139. The van der Waals surface area contributed by atoms with Gasteiger partial charge in [0.05, 0.1) is 17.9 Å². The van der Waals surface area contributed by atoms with E-state index < -0.39 is 16.2 Å². The molecule has 0 unspecified atom stereocenters. The summed E-state index contributed by atoms with van der Waals surface area (Å²) in [7, 11) is -2.25. The Kier molecular flexibility index (Phi) is 3.26. The number of nitrogens with zero attached hydrogens (tertiary/aromatic N) is 3. The fourth-order valence-electron chi connectivity index (χ4n) is 2.22. The molecule has 1 aromatic heterocycles. The van der Waals surface area contributed by atoms with Gasteiger partial charge in [0, 0.05) is 12.6 Å². The maximum atomic E-state index is 13.8. The standard InChI is InChI=1S/C13H11ClFN3O2S/c1-17-10-4-2-3-5-11(10)18(21(17,19)20)8-9-6-7-12(14)16-13(9)15/h2-7H,8H2,1H3. The van der Waals surface area contributed by atoms with Crippen LogP contribution in [0.2, 0.25) is 5.15 Å². The van der Waals surface area contributed by atoms with E-state index in [9.17, 15) is 12.8 Å². The number of halogens is 2. The molecule has 3 rings (SSSR count). The van der Waals surface area contributed by atoms with Gasteiger partial charge in [-0.05, 0) is 24.3 Å². The first-order valence-corrected chi connectivity index (χ1v) is 7.85. The number of pyridine rings is 1. The molecule has 0 fully saturated rings. The largest absolute Gasteiger partial charge is 0.326 e. The molecule has 21 heavy (non-hydrogen) atoms. The van der Waals surface area contributed by atoms with Gasteiger partial charge >= 0.3 is 10.2 Å². The third kappa shape index (κ3) is 2.22. The van der Waals surface area contributed by atoms with E-state index in [4.69, 9.17) is 11.6 Å². The molecule has 1 aliphatic rings. The van der Waals surface area contributed by atoms with Crippen molar-refractivity contribution in [2.45, 2.75) is 6.54 Å². The van der Waals surface area contributed by atoms with Crippen LogP contribution in [0.1, 0.15) is 5.56 Å². The highest BCUT2D eigenvalue weighted by Crippen LogP contribution is 2.40. The van der Waals surface area contributed by atoms with E-state index in [0.29, 0.717) is 11.4 Å². The van der Waals surface area contributed by atoms with Crippen LogP contribution in [-0.2, 0) is 16.8 Å². The highest BCUT2D eigenvalue weighted by Gasteiger charge is 2.38. The first-order valence-electron chi connectivity index (χ1n) is 6.08. The average Bonchev–Trinajstić information content (AvgIpc) is 2.63. The Labute approximate surface area is 126 Å². The Morgan fingerprint density at radius 2 is 1.86 bits per heavy atom. The molecular weight excluding hydrogens is 317 g/mol. The molecule has 8 heteroatoms. The van der Waals surface area contributed by atoms with E-state index in [1.807, 2.05) is 0 Å². The van der Waals surface area contributed by atoms with Gasteiger partial charge in [-0.25, -0.2) is 9.29 Å². The summed E-state index contributed by atoms with van der Waals surface area (Å²) in [6.07, 6.45) is 0. The molecule has 1 aliphatic heterocycles. The van der Waals surface area contributed by atoms with Gasteiger partial charge in [-0.2, -0.15) is 12.8 Å². The van der Waals surface area contributed by atoms with Crippen LogP contribution in [0, 0.1) is 5.95 Å². The molecular formula is C13H11ClFN3O2S. The van der Waals surface area contributed by atoms with Crippen LogP contribution in [0.4, 0.5) is 15.8 Å². The van der Waals surface area contributed by atoms with Crippen molar-refractivity contribution in [1.29, 1.82) is 0 Å². The summed E-state index contributed by atoms with van der Waals surface area (Å²) in [6, 6.07) is 9.72. The van der Waals surface area contributed by atoms with Gasteiger partial charge in [0.2, 0.25) is 5.95 Å². The van der Waals surface area contributed by atoms with Gasteiger partial charge in [0.1, 0.15) is 5.15 Å². The Morgan fingerprint density at radius 3 is 2.52 bits per heavy atom. The lowest BCUT2D eigenvalue weighted by atomic mass is 10.2. The molecule has 110 valence electrons. The fraction of sp³-hybridized carbons (Fsp3) is 0.154. The number of anilines is 2. The summed E-state index contributed by atoms with van der Waals surface area (Å²) in [5, 5.41) is 0.0260. The SMILES string of the molecule is CN1c2ccccc2N(Cc2ccc(Cl)nc2F)S1(=O)=O. The first-order chi connectivity index (χ1) is 9.91. The van der Waals surface area contributed by atoms with Gasteiger partial charge in [0.15, 0.2) is 0 Å². The lowest BCUT2D eigenvalue weighted by molar-refractivity contribution is 0.564. The second kappa shape index (κ2) is 4.85. The normalized spacial score (nSPS) is 16.1. The Morgan fingerprint density at radius 1 is 1.19 bits per heavy atom. The van der Waals surface area contributed by atoms with Crippen LogP contribution < -0.4 is 8.61 Å². The third-order valence-corrected chi connectivity index (χ3v) is 5.30. The lowest BCUT2D eigenvalue weighted by Gasteiger charge is -2.19. The summed E-state index contributed by atoms with van der Waals surface area (Å²) in [5.74, 6) is -0.773. The number of aromatic nitrogens is 1. The van der Waals surface area contributed by atoms with Crippen molar-refractivity contribution in [2.75, 3.05) is 15.7 Å². The monoisotopic (exact) mass is 327 g/mol. The third-order valence-electron chi connectivity index (χ3n) is 3.32. The minimum Gasteiger partial charge on any atom is -0.254 e. The molecule has 0 bridgehead atoms. The van der Waals surface area contributed by atoms with E-state index in [2.05, 4.69) is 4.98 Å². The number of hydrogen-bond donors (Lipinski definition) is 0. The predicted molar refractivity (Wildman–Crippen MR) is 79.2 cm³/mol. The molecule has 0 saturated carbocycles. The van der Waals surface area contributed by atoms with Crippen molar-refractivity contribution in [3.63, 3.8) is 0 Å². The molecule has 0 amide bonds. The van der Waals surface area contributed by atoms with Crippen molar-refractivity contribution >= 4 is 33.2 Å². The molecule has 5 nitrogen and oxygen atoms in total. The zero-order valence-electron chi connectivity index (χ0n) is 11.0. The number of rotatable bonds is 2. The molecule has 0 N–H and O–H groups in total. The van der Waals surface area contributed by atoms with Crippen LogP contribution in [-0.4, -0.2) is 20.4 Å². The molecule has 0 atom stereocenters. The van der Waals surface area contributed by atoms with E-state index in [-0.39, 0.29) is 17.3 Å². The molecule has 0 saturated heterocycles. The fourth-order valence-corrected chi connectivity index (χ4v) is 3.76. The number of benzene rings is 1. The minimum atomic E-state index is -3.71. The highest BCUT2D eigenvalue weighted by molar-refractivity contribution is 7.94. The van der Waals surface area contributed by atoms with Gasteiger partial charge in [0.25, 0.3) is 0 Å². The van der Waals surface area contributed by atoms with Gasteiger partial charge in [-0.1, -0.05) is 23.7 Å². The number of fused-ring (bicyclic) bond motifs is 1. The maximum Gasteiger partial charge on any atom is 0.326 e. The van der Waals surface area contributed by atoms with Gasteiger partial charge in [-0.15, -0.1) is 0 Å². The van der Waals surface area contributed by atoms with E-state index in [1.165, 1.54) is 23.5 Å². The highest BCUT2D eigenvalue weighted by atomic mass is 35.5. The van der Waals surface area contributed by atoms with Crippen molar-refractivity contribution < 1.29 is 12.8 Å². The zero-order valence-corrected chi connectivity index (χ0v) is 12.6. The summed E-state index contributed by atoms with van der Waals surface area (Å²) in [5.41, 5.74) is 1.22. The summed E-state index contributed by atoms with van der Waals surface area (Å²) >= 11 is 5.60. The average molecular weight is 328 g/mol. The Hall–Kier alpha value is -1.86. The van der Waals surface area contributed by atoms with Crippen LogP contribution in [0.15, 0.2) is 36.4 Å². The molecule has 1 aromatic carbocycles. The molecule has 2 aromatic rings. The summed E-state index contributed by atoms with van der Waals surface area (Å²) < 4.78 is 40.9. The van der Waals surface area contributed by atoms with Crippen molar-refractivity contribution in [3.8, 4) is 0 Å². The molecule has 0 spiro atoms. The predicted octanol–water partition coefficient (Wildman–Crippen LogP) is 2.58. The number of hydrogen-bond acceptors (Lipinski definition) is 3. The summed E-state index contributed by atoms with van der Waals surface area (Å²) in [4.78, 5) is 3.50. The van der Waals surface area contributed by atoms with E-state index >= 15 is 0 Å². The first kappa shape index (κ1) is 14.1. The van der Waals surface area contributed by atoms with Crippen molar-refractivity contribution in [2.24, 2.45) is 0 Å². The zero-order chi connectivity index (χ0) is 15.2. The quantitative estimate of drug-likeness (QED) is 0.797. The van der Waals surface area contributed by atoms with Gasteiger partial charge in [-0.3, -0.25) is 4.31 Å². The smallest absolute Gasteiger partial charge is 0.254 e. The van der Waals surface area contributed by atoms with Gasteiger partial charge < -0.3 is 0 Å². The second-order valence-electron chi connectivity index (χ2n) is 4.55. The molecule has 0 aliphatic carbocycles. The lowest BCUT2D eigenvalue weighted by Crippen LogP contribution is -2.35. The molecule has 2 heterocycles. The van der Waals surface area contributed by atoms with E-state index in [1.54, 1.807) is 24.3 Å². The van der Waals surface area contributed by atoms with Crippen LogP contribution in [0.25, 0.3) is 0 Å². The number of para-hydroxylation sites is 2.